The molecule has 1 unspecified atom stereocenters. The van der Waals surface area contributed by atoms with Crippen LogP contribution in [-0.2, 0) is 6.54 Å². The number of nitrogens with one attached hydrogen (secondary N) is 1. The van der Waals surface area contributed by atoms with E-state index in [1.807, 2.05) is 25.1 Å². The van der Waals surface area contributed by atoms with Gasteiger partial charge in [0.2, 0.25) is 0 Å². The average Bonchev–Trinajstić information content (AvgIpc) is 2.42. The van der Waals surface area contributed by atoms with Gasteiger partial charge in [0, 0.05) is 24.7 Å². The molecular weight excluding hydrogens is 264 g/mol. The number of amidine groups is 1. The van der Waals surface area contributed by atoms with Crippen molar-refractivity contribution < 1.29 is 5.21 Å². The van der Waals surface area contributed by atoms with Crippen LogP contribution in [-0.4, -0.2) is 42.6 Å². The van der Waals surface area contributed by atoms with E-state index in [0.29, 0.717) is 12.0 Å². The molecule has 0 radical (unpaired) electrons. The fourth-order valence-corrected chi connectivity index (χ4v) is 2.26. The summed E-state index contributed by atoms with van der Waals surface area (Å²) < 4.78 is 0. The molecule has 0 aliphatic heterocycles. The van der Waals surface area contributed by atoms with Gasteiger partial charge in [-0.2, -0.15) is 0 Å². The Labute approximate surface area is 127 Å². The van der Waals surface area contributed by atoms with E-state index in [-0.39, 0.29) is 5.84 Å². The van der Waals surface area contributed by atoms with Crippen molar-refractivity contribution >= 4 is 5.84 Å². The minimum atomic E-state index is 0.144. The summed E-state index contributed by atoms with van der Waals surface area (Å²) in [5, 5.41) is 15.4. The van der Waals surface area contributed by atoms with Crippen LogP contribution in [0.4, 0.5) is 0 Å². The molecular formula is C16H28N4O. The van der Waals surface area contributed by atoms with Crippen LogP contribution in [0, 0.1) is 12.8 Å². The molecule has 5 heteroatoms. The number of hydrogen-bond acceptors (Lipinski definition) is 4. The summed E-state index contributed by atoms with van der Waals surface area (Å²) in [4.78, 5) is 2.20. The van der Waals surface area contributed by atoms with Crippen molar-refractivity contribution in [2.45, 2.75) is 33.4 Å². The van der Waals surface area contributed by atoms with Crippen LogP contribution < -0.4 is 11.1 Å². The lowest BCUT2D eigenvalue weighted by Gasteiger charge is -2.26. The summed E-state index contributed by atoms with van der Waals surface area (Å²) in [6, 6.07) is 6.31. The van der Waals surface area contributed by atoms with Gasteiger partial charge in [-0.15, -0.1) is 0 Å². The van der Waals surface area contributed by atoms with Crippen LogP contribution >= 0.6 is 0 Å². The van der Waals surface area contributed by atoms with Crippen molar-refractivity contribution in [3.05, 3.63) is 34.9 Å². The van der Waals surface area contributed by atoms with E-state index in [1.54, 1.807) is 0 Å². The van der Waals surface area contributed by atoms with Crippen LogP contribution in [0.5, 0.6) is 0 Å². The van der Waals surface area contributed by atoms with E-state index in [9.17, 15) is 0 Å². The molecule has 0 aliphatic rings. The first-order valence-electron chi connectivity index (χ1n) is 7.30. The van der Waals surface area contributed by atoms with Gasteiger partial charge in [0.25, 0.3) is 0 Å². The molecule has 0 bridgehead atoms. The van der Waals surface area contributed by atoms with Crippen LogP contribution in [0.3, 0.4) is 0 Å². The van der Waals surface area contributed by atoms with Crippen molar-refractivity contribution in [2.24, 2.45) is 16.8 Å². The summed E-state index contributed by atoms with van der Waals surface area (Å²) in [7, 11) is 4.18. The molecule has 0 aliphatic carbocycles. The zero-order valence-corrected chi connectivity index (χ0v) is 13.7. The quantitative estimate of drug-likeness (QED) is 0.310. The van der Waals surface area contributed by atoms with Gasteiger partial charge in [0.15, 0.2) is 5.84 Å². The van der Waals surface area contributed by atoms with Crippen molar-refractivity contribution in [1.29, 1.82) is 0 Å². The Kier molecular flexibility index (Phi) is 6.65. The van der Waals surface area contributed by atoms with Gasteiger partial charge < -0.3 is 21.2 Å². The van der Waals surface area contributed by atoms with Gasteiger partial charge in [0.1, 0.15) is 0 Å². The Morgan fingerprint density at radius 2 is 2.05 bits per heavy atom. The van der Waals surface area contributed by atoms with Gasteiger partial charge in [-0.1, -0.05) is 31.1 Å². The number of likely N-dealkylation sites (N-methyl/N-ethyl adjacent to an activating group) is 1. The van der Waals surface area contributed by atoms with Crippen molar-refractivity contribution in [3.8, 4) is 0 Å². The van der Waals surface area contributed by atoms with Gasteiger partial charge >= 0.3 is 0 Å². The number of rotatable bonds is 7. The lowest BCUT2D eigenvalue weighted by Crippen LogP contribution is -2.41. The van der Waals surface area contributed by atoms with E-state index in [1.165, 1.54) is 5.56 Å². The molecule has 118 valence electrons. The highest BCUT2D eigenvalue weighted by Gasteiger charge is 2.14. The Morgan fingerprint density at radius 3 is 2.52 bits per heavy atom. The molecule has 0 aromatic heterocycles. The minimum absolute atomic E-state index is 0.144. The van der Waals surface area contributed by atoms with Gasteiger partial charge in [0.05, 0.1) is 0 Å². The topological polar surface area (TPSA) is 73.9 Å². The number of nitrogens with zero attached hydrogens (tertiary/aromatic N) is 2. The molecule has 0 heterocycles. The highest BCUT2D eigenvalue weighted by atomic mass is 16.4. The van der Waals surface area contributed by atoms with Crippen molar-refractivity contribution in [1.82, 2.24) is 10.2 Å². The normalized spacial score (nSPS) is 14.0. The maximum Gasteiger partial charge on any atom is 0.170 e. The zero-order chi connectivity index (χ0) is 16.0. The molecule has 1 rings (SSSR count). The second kappa shape index (κ2) is 8.00. The molecule has 0 fully saturated rings. The van der Waals surface area contributed by atoms with Gasteiger partial charge in [-0.25, -0.2) is 0 Å². The third-order valence-electron chi connectivity index (χ3n) is 3.67. The second-order valence-electron chi connectivity index (χ2n) is 6.12. The lowest BCUT2D eigenvalue weighted by molar-refractivity contribution is 0.288. The monoisotopic (exact) mass is 292 g/mol. The Bertz CT molecular complexity index is 483. The lowest BCUT2D eigenvalue weighted by atomic mass is 10.0. The largest absolute Gasteiger partial charge is 0.409 e. The summed E-state index contributed by atoms with van der Waals surface area (Å²) in [6.07, 6.45) is 0. The molecule has 0 amide bonds. The Morgan fingerprint density at radius 1 is 1.38 bits per heavy atom. The van der Waals surface area contributed by atoms with Crippen molar-refractivity contribution in [3.63, 3.8) is 0 Å². The van der Waals surface area contributed by atoms with E-state index < -0.39 is 0 Å². The fourth-order valence-electron chi connectivity index (χ4n) is 2.26. The molecule has 4 N–H and O–H groups in total. The van der Waals surface area contributed by atoms with Crippen molar-refractivity contribution in [2.75, 3.05) is 20.6 Å². The standard InChI is InChI=1S/C16H28N4O/c1-11(2)15(10-20(4)5)18-9-14-7-6-13(8-12(14)3)16(17)19-21/h6-8,11,15,18,21H,9-10H2,1-5H3,(H2,17,19). The average molecular weight is 292 g/mol. The third kappa shape index (κ3) is 5.36. The van der Waals surface area contributed by atoms with E-state index >= 15 is 0 Å². The highest BCUT2D eigenvalue weighted by Crippen LogP contribution is 2.12. The van der Waals surface area contributed by atoms with E-state index in [4.69, 9.17) is 10.9 Å². The third-order valence-corrected chi connectivity index (χ3v) is 3.67. The fraction of sp³-hybridized carbons (Fsp3) is 0.562. The first-order chi connectivity index (χ1) is 9.85. The molecule has 1 atom stereocenters. The summed E-state index contributed by atoms with van der Waals surface area (Å²) in [5.74, 6) is 0.717. The van der Waals surface area contributed by atoms with Gasteiger partial charge in [-0.3, -0.25) is 0 Å². The number of oxime groups is 1. The molecule has 0 saturated heterocycles. The molecule has 21 heavy (non-hydrogen) atoms. The van der Waals surface area contributed by atoms with Gasteiger partial charge in [-0.05, 0) is 44.1 Å². The zero-order valence-electron chi connectivity index (χ0n) is 13.7. The highest BCUT2D eigenvalue weighted by molar-refractivity contribution is 5.97. The molecule has 0 spiro atoms. The van der Waals surface area contributed by atoms with Crippen LogP contribution in [0.1, 0.15) is 30.5 Å². The van der Waals surface area contributed by atoms with Crippen LogP contribution in [0.25, 0.3) is 0 Å². The second-order valence-corrected chi connectivity index (χ2v) is 6.12. The summed E-state index contributed by atoms with van der Waals surface area (Å²) >= 11 is 0. The Balaban J connectivity index is 2.74. The molecule has 0 saturated carbocycles. The number of aryl methyl sites for hydroxylation is 1. The Hall–Kier alpha value is -1.59. The molecule has 5 nitrogen and oxygen atoms in total. The maximum atomic E-state index is 8.72. The minimum Gasteiger partial charge on any atom is -0.409 e. The number of benzene rings is 1. The maximum absolute atomic E-state index is 8.72. The van der Waals surface area contributed by atoms with E-state index in [0.717, 1.165) is 24.2 Å². The van der Waals surface area contributed by atoms with Crippen LogP contribution in [0.2, 0.25) is 0 Å². The summed E-state index contributed by atoms with van der Waals surface area (Å²) in [5.41, 5.74) is 8.72. The predicted molar refractivity (Wildman–Crippen MR) is 87.7 cm³/mol. The van der Waals surface area contributed by atoms with Crippen LogP contribution in [0.15, 0.2) is 23.4 Å². The first-order valence-corrected chi connectivity index (χ1v) is 7.30. The molecule has 1 aromatic carbocycles. The SMILES string of the molecule is Cc1cc(/C(N)=N/O)ccc1CNC(CN(C)C)C(C)C. The first kappa shape index (κ1) is 17.5. The smallest absolute Gasteiger partial charge is 0.170 e. The number of nitrogens with two attached hydrogens (primary N) is 1. The number of hydrogen-bond donors (Lipinski definition) is 3. The summed E-state index contributed by atoms with van der Waals surface area (Å²) in [6.45, 7) is 8.34. The predicted octanol–water partition coefficient (Wildman–Crippen LogP) is 1.77. The molecule has 1 aromatic rings. The van der Waals surface area contributed by atoms with E-state index in [2.05, 4.69) is 43.3 Å².